The lowest BCUT2D eigenvalue weighted by atomic mass is 9.88. The van der Waals surface area contributed by atoms with E-state index in [1.54, 1.807) is 25.3 Å². The average Bonchev–Trinajstić information content (AvgIpc) is 4.11. The van der Waals surface area contributed by atoms with Crippen LogP contribution in [0.4, 0.5) is 10.5 Å². The minimum absolute atomic E-state index is 0.0454. The van der Waals surface area contributed by atoms with Gasteiger partial charge in [-0.05, 0) is 89.2 Å². The molecular formula is C40H54N6O9S. The van der Waals surface area contributed by atoms with Gasteiger partial charge in [0.1, 0.15) is 35.9 Å². The molecule has 3 fully saturated rings. The molecule has 2 aromatic rings. The van der Waals surface area contributed by atoms with E-state index in [2.05, 4.69) is 25.2 Å². The van der Waals surface area contributed by atoms with Gasteiger partial charge in [0.05, 0.1) is 24.0 Å². The minimum atomic E-state index is -3.99. The van der Waals surface area contributed by atoms with Crippen LogP contribution in [0.15, 0.2) is 36.5 Å². The summed E-state index contributed by atoms with van der Waals surface area (Å²) in [5.74, 6) is -2.82. The summed E-state index contributed by atoms with van der Waals surface area (Å²) in [6.45, 7) is -1.19. The number of amides is 4. The standard InChI is InChI=1S/C40H54N6O9S/c1-23-9-7-8-10-25-21-40(25,37(49)44-56(51,52)27-11-12-27)43-34(47)31-20-26(22-46(31)36(48)32(24(2)19-23)42-38(50)55-39(3,4)5)54-35-29-13-14-30-33(28(29)15-16-41-35)53-18-17-45(30)6/h8,10,13-16,23-27,31-32H,7,9,11-12,17-22H2,1-6H3,(H,42,50)(H,43,47)(H,44,49)/b10-8-/t23-,24+,25+,26+,31-,32-,40+/m0/s1/i3D3,4D3. The summed E-state index contributed by atoms with van der Waals surface area (Å²) in [5, 5.41) is 5.92. The maximum Gasteiger partial charge on any atom is 0.408 e. The van der Waals surface area contributed by atoms with E-state index in [1.165, 1.54) is 4.90 Å². The van der Waals surface area contributed by atoms with Gasteiger partial charge in [0.15, 0.2) is 5.75 Å². The summed E-state index contributed by atoms with van der Waals surface area (Å²) in [6, 6.07) is 2.74. The molecule has 16 heteroatoms. The van der Waals surface area contributed by atoms with Crippen molar-refractivity contribution in [2.75, 3.05) is 31.6 Å². The van der Waals surface area contributed by atoms with E-state index in [-0.39, 0.29) is 31.2 Å². The first-order valence-corrected chi connectivity index (χ1v) is 20.8. The van der Waals surface area contributed by atoms with Crippen molar-refractivity contribution in [1.82, 2.24) is 25.2 Å². The highest BCUT2D eigenvalue weighted by Crippen LogP contribution is 2.46. The maximum absolute atomic E-state index is 15.0. The van der Waals surface area contributed by atoms with Crippen molar-refractivity contribution in [3.05, 3.63) is 36.5 Å². The Balaban J connectivity index is 1.24. The molecule has 0 spiro atoms. The Morgan fingerprint density at radius 1 is 1.12 bits per heavy atom. The van der Waals surface area contributed by atoms with Crippen LogP contribution >= 0.6 is 0 Å². The fourth-order valence-electron chi connectivity index (χ4n) is 8.14. The molecular weight excluding hydrogens is 741 g/mol. The Hall–Kier alpha value is -4.60. The molecule has 7 atom stereocenters. The number of ether oxygens (including phenoxy) is 3. The summed E-state index contributed by atoms with van der Waals surface area (Å²) in [4.78, 5) is 64.9. The van der Waals surface area contributed by atoms with Crippen LogP contribution < -0.4 is 29.7 Å². The summed E-state index contributed by atoms with van der Waals surface area (Å²) in [7, 11) is -2.04. The van der Waals surface area contributed by atoms with E-state index in [9.17, 15) is 27.6 Å². The maximum atomic E-state index is 15.0. The Morgan fingerprint density at radius 3 is 2.66 bits per heavy atom. The number of anilines is 1. The fourth-order valence-corrected chi connectivity index (χ4v) is 9.50. The summed E-state index contributed by atoms with van der Waals surface area (Å²) >= 11 is 0. The molecule has 56 heavy (non-hydrogen) atoms. The second kappa shape index (κ2) is 15.1. The molecule has 5 aliphatic rings. The van der Waals surface area contributed by atoms with Crippen molar-refractivity contribution in [3.8, 4) is 11.6 Å². The lowest BCUT2D eigenvalue weighted by Crippen LogP contribution is -2.59. The molecule has 4 amide bonds. The Labute approximate surface area is 336 Å². The third-order valence-electron chi connectivity index (χ3n) is 11.4. The number of benzene rings is 1. The van der Waals surface area contributed by atoms with E-state index >= 15 is 0 Å². The van der Waals surface area contributed by atoms with Gasteiger partial charge < -0.3 is 34.6 Å². The number of nitrogens with zero attached hydrogens (tertiary/aromatic N) is 3. The first-order chi connectivity index (χ1) is 29.0. The van der Waals surface area contributed by atoms with Crippen molar-refractivity contribution >= 4 is 50.3 Å². The lowest BCUT2D eigenvalue weighted by molar-refractivity contribution is -0.142. The molecule has 3 N–H and O–H groups in total. The van der Waals surface area contributed by atoms with Crippen LogP contribution in [0.3, 0.4) is 0 Å². The largest absolute Gasteiger partial charge is 0.489 e. The molecule has 3 aliphatic heterocycles. The molecule has 1 aromatic carbocycles. The van der Waals surface area contributed by atoms with Crippen molar-refractivity contribution in [2.45, 2.75) is 114 Å². The molecule has 2 saturated carbocycles. The smallest absolute Gasteiger partial charge is 0.408 e. The topological polar surface area (TPSA) is 186 Å². The predicted molar refractivity (Wildman–Crippen MR) is 209 cm³/mol. The van der Waals surface area contributed by atoms with Gasteiger partial charge in [-0.25, -0.2) is 18.2 Å². The van der Waals surface area contributed by atoms with E-state index in [4.69, 9.17) is 22.4 Å². The van der Waals surface area contributed by atoms with Gasteiger partial charge in [0.25, 0.3) is 5.91 Å². The number of fused-ring (bicyclic) bond motifs is 5. The molecule has 7 rings (SSSR count). The SMILES string of the molecule is [2H]C([2H])([2H])C(C)(OC(=O)N[C@@H]1C(=O)N2C[C@H](Oc3nccc4c5c(ccc34)N(C)CCO5)C[C@H]2C(=O)N[C@]2(C(=O)NS(=O)(=O)C3CC3)C[C@H]2/C=C\CC[C@H](C)C[C@H]1C)C([2H])([2H])[2H]. The molecule has 0 bridgehead atoms. The summed E-state index contributed by atoms with van der Waals surface area (Å²) in [5.41, 5.74) is -3.70. The van der Waals surface area contributed by atoms with Crippen molar-refractivity contribution < 1.29 is 50.0 Å². The van der Waals surface area contributed by atoms with E-state index < -0.39 is 94.0 Å². The minimum Gasteiger partial charge on any atom is -0.489 e. The first kappa shape index (κ1) is 32.5. The molecule has 15 nitrogen and oxygen atoms in total. The third-order valence-corrected chi connectivity index (χ3v) is 13.2. The van der Waals surface area contributed by atoms with Crippen molar-refractivity contribution in [1.29, 1.82) is 0 Å². The van der Waals surface area contributed by atoms with Gasteiger partial charge in [0, 0.05) is 44.6 Å². The normalized spacial score (nSPS) is 32.4. The van der Waals surface area contributed by atoms with Gasteiger partial charge in [-0.1, -0.05) is 26.0 Å². The van der Waals surface area contributed by atoms with Gasteiger partial charge in [-0.15, -0.1) is 0 Å². The molecule has 0 unspecified atom stereocenters. The highest BCUT2D eigenvalue weighted by molar-refractivity contribution is 7.91. The second-order valence-electron chi connectivity index (χ2n) is 16.2. The Bertz CT molecular complexity index is 2240. The number of hydrogen-bond acceptors (Lipinski definition) is 11. The van der Waals surface area contributed by atoms with Crippen LogP contribution in [0.25, 0.3) is 10.8 Å². The Kier molecular flexibility index (Phi) is 8.73. The number of aromatic nitrogens is 1. The number of carbonyl (C=O) groups excluding carboxylic acids is 4. The quantitative estimate of drug-likeness (QED) is 0.361. The van der Waals surface area contributed by atoms with Crippen LogP contribution in [0.2, 0.25) is 0 Å². The number of alkyl carbamates (subject to hydrolysis) is 1. The van der Waals surface area contributed by atoms with Crippen molar-refractivity contribution in [3.63, 3.8) is 0 Å². The second-order valence-corrected chi connectivity index (χ2v) is 18.2. The number of rotatable bonds is 6. The van der Waals surface area contributed by atoms with Gasteiger partial charge >= 0.3 is 6.09 Å². The molecule has 1 saturated heterocycles. The fraction of sp³-hybridized carbons (Fsp3) is 0.625. The highest BCUT2D eigenvalue weighted by Gasteiger charge is 2.62. The zero-order valence-corrected chi connectivity index (χ0v) is 32.8. The van der Waals surface area contributed by atoms with Crippen LogP contribution in [-0.2, 0) is 29.1 Å². The number of pyridine rings is 1. The van der Waals surface area contributed by atoms with E-state index in [0.717, 1.165) is 18.0 Å². The van der Waals surface area contributed by atoms with E-state index in [0.29, 0.717) is 56.4 Å². The average molecular weight is 801 g/mol. The van der Waals surface area contributed by atoms with Gasteiger partial charge in [-0.2, -0.15) is 0 Å². The monoisotopic (exact) mass is 800 g/mol. The first-order valence-electron chi connectivity index (χ1n) is 22.2. The summed E-state index contributed by atoms with van der Waals surface area (Å²) in [6.07, 6.45) is 5.22. The number of carbonyl (C=O) groups is 4. The lowest BCUT2D eigenvalue weighted by Gasteiger charge is -2.33. The van der Waals surface area contributed by atoms with Crippen LogP contribution in [-0.4, -0.2) is 103 Å². The zero-order valence-electron chi connectivity index (χ0n) is 38.0. The number of nitrogens with one attached hydrogen (secondary N) is 3. The number of sulfonamides is 1. The number of likely N-dealkylation sites (N-methyl/N-ethyl adjacent to an activating group) is 1. The zero-order chi connectivity index (χ0) is 45.2. The molecule has 4 heterocycles. The van der Waals surface area contributed by atoms with Gasteiger partial charge in [0.2, 0.25) is 27.7 Å². The predicted octanol–water partition coefficient (Wildman–Crippen LogP) is 3.80. The van der Waals surface area contributed by atoms with Crippen molar-refractivity contribution in [2.24, 2.45) is 17.8 Å². The van der Waals surface area contributed by atoms with Crippen LogP contribution in [0.1, 0.15) is 87.6 Å². The molecule has 1 aromatic heterocycles. The Morgan fingerprint density at radius 2 is 1.91 bits per heavy atom. The number of allylic oxidation sites excluding steroid dienone is 1. The summed E-state index contributed by atoms with van der Waals surface area (Å²) < 4.78 is 93.3. The van der Waals surface area contributed by atoms with Gasteiger partial charge in [-0.3, -0.25) is 19.1 Å². The highest BCUT2D eigenvalue weighted by atomic mass is 32.2. The number of hydrogen-bond donors (Lipinski definition) is 3. The van der Waals surface area contributed by atoms with E-state index in [1.807, 2.05) is 32.2 Å². The van der Waals surface area contributed by atoms with Crippen LogP contribution in [0, 0.1) is 17.8 Å². The van der Waals surface area contributed by atoms with Crippen LogP contribution in [0.5, 0.6) is 11.6 Å². The molecule has 0 radical (unpaired) electrons. The third kappa shape index (κ3) is 8.25. The molecule has 2 aliphatic carbocycles. The molecule has 304 valence electrons.